The summed E-state index contributed by atoms with van der Waals surface area (Å²) in [5.41, 5.74) is 5.40. The van der Waals surface area contributed by atoms with Gasteiger partial charge in [-0.2, -0.15) is 0 Å². The number of carbonyl (C=O) groups excluding carboxylic acids is 2. The van der Waals surface area contributed by atoms with E-state index in [1.165, 1.54) is 6.42 Å². The number of likely N-dealkylation sites (tertiary alicyclic amines) is 1. The maximum Gasteiger partial charge on any atom is 0.240 e. The van der Waals surface area contributed by atoms with Crippen molar-refractivity contribution in [2.75, 3.05) is 6.54 Å². The third-order valence-electron chi connectivity index (χ3n) is 4.74. The largest absolute Gasteiger partial charge is 0.368 e. The van der Waals surface area contributed by atoms with Gasteiger partial charge in [0.15, 0.2) is 0 Å². The SMILES string of the molecule is C/C=C\CC[C@H](C)C[C@@H](CC)CC(=O)N1CCC[C@H]1C(N)=O. The van der Waals surface area contributed by atoms with E-state index < -0.39 is 0 Å². The van der Waals surface area contributed by atoms with Crippen LogP contribution < -0.4 is 5.73 Å². The van der Waals surface area contributed by atoms with Crippen LogP contribution in [0.2, 0.25) is 0 Å². The summed E-state index contributed by atoms with van der Waals surface area (Å²) in [5.74, 6) is 0.772. The summed E-state index contributed by atoms with van der Waals surface area (Å²) in [7, 11) is 0. The van der Waals surface area contributed by atoms with Crippen LogP contribution in [0.1, 0.15) is 65.7 Å². The lowest BCUT2D eigenvalue weighted by atomic mass is 9.88. The van der Waals surface area contributed by atoms with Crippen molar-refractivity contribution in [3.63, 3.8) is 0 Å². The molecule has 1 fully saturated rings. The van der Waals surface area contributed by atoms with E-state index in [1.54, 1.807) is 4.90 Å². The molecule has 1 rings (SSSR count). The number of hydrogen-bond donors (Lipinski definition) is 1. The molecule has 0 spiro atoms. The molecule has 0 aromatic heterocycles. The molecule has 0 bridgehead atoms. The van der Waals surface area contributed by atoms with Crippen molar-refractivity contribution in [3.8, 4) is 0 Å². The molecule has 22 heavy (non-hydrogen) atoms. The van der Waals surface area contributed by atoms with Crippen molar-refractivity contribution in [2.24, 2.45) is 17.6 Å². The van der Waals surface area contributed by atoms with Gasteiger partial charge in [-0.05, 0) is 50.9 Å². The maximum absolute atomic E-state index is 12.5. The van der Waals surface area contributed by atoms with E-state index in [2.05, 4.69) is 26.0 Å². The molecular weight excluding hydrogens is 276 g/mol. The minimum absolute atomic E-state index is 0.105. The van der Waals surface area contributed by atoms with Crippen molar-refractivity contribution >= 4 is 11.8 Å². The zero-order valence-electron chi connectivity index (χ0n) is 14.4. The Kier molecular flexibility index (Phi) is 8.21. The van der Waals surface area contributed by atoms with Gasteiger partial charge in [-0.25, -0.2) is 0 Å². The molecule has 0 aliphatic carbocycles. The number of nitrogens with two attached hydrogens (primary N) is 1. The lowest BCUT2D eigenvalue weighted by Crippen LogP contribution is -2.44. The Labute approximate surface area is 135 Å². The lowest BCUT2D eigenvalue weighted by molar-refractivity contribution is -0.138. The molecule has 3 atom stereocenters. The molecule has 0 aromatic carbocycles. The first-order valence-corrected chi connectivity index (χ1v) is 8.69. The highest BCUT2D eigenvalue weighted by Gasteiger charge is 2.33. The fraction of sp³-hybridized carbons (Fsp3) is 0.778. The highest BCUT2D eigenvalue weighted by Crippen LogP contribution is 2.25. The van der Waals surface area contributed by atoms with Gasteiger partial charge in [0.2, 0.25) is 11.8 Å². The molecule has 1 aliphatic rings. The van der Waals surface area contributed by atoms with E-state index in [9.17, 15) is 9.59 Å². The van der Waals surface area contributed by atoms with Gasteiger partial charge in [-0.1, -0.05) is 32.4 Å². The van der Waals surface area contributed by atoms with Gasteiger partial charge in [0.05, 0.1) is 0 Å². The number of carbonyl (C=O) groups is 2. The fourth-order valence-electron chi connectivity index (χ4n) is 3.35. The monoisotopic (exact) mass is 308 g/mol. The third-order valence-corrected chi connectivity index (χ3v) is 4.74. The molecule has 0 radical (unpaired) electrons. The number of amides is 2. The van der Waals surface area contributed by atoms with Crippen LogP contribution in [0.25, 0.3) is 0 Å². The Hall–Kier alpha value is -1.32. The van der Waals surface area contributed by atoms with E-state index >= 15 is 0 Å². The van der Waals surface area contributed by atoms with Crippen LogP contribution in [0.15, 0.2) is 12.2 Å². The highest BCUT2D eigenvalue weighted by atomic mass is 16.2. The summed E-state index contributed by atoms with van der Waals surface area (Å²) < 4.78 is 0. The molecule has 2 N–H and O–H groups in total. The van der Waals surface area contributed by atoms with Crippen LogP contribution in [0, 0.1) is 11.8 Å². The molecule has 0 saturated carbocycles. The molecular formula is C18H32N2O2. The summed E-state index contributed by atoms with van der Waals surface area (Å²) in [4.78, 5) is 25.6. The molecule has 1 heterocycles. The van der Waals surface area contributed by atoms with Crippen LogP contribution in [-0.2, 0) is 9.59 Å². The standard InChI is InChI=1S/C18H32N2O2/c1-4-6-7-9-14(3)12-15(5-2)13-17(21)20-11-8-10-16(20)18(19)22/h4,6,14-16H,5,7-13H2,1-3H3,(H2,19,22)/b6-4-/t14-,15+,16-/m0/s1. The lowest BCUT2D eigenvalue weighted by Gasteiger charge is -2.25. The van der Waals surface area contributed by atoms with Gasteiger partial charge in [-0.15, -0.1) is 0 Å². The highest BCUT2D eigenvalue weighted by molar-refractivity contribution is 5.87. The zero-order chi connectivity index (χ0) is 16.5. The number of hydrogen-bond acceptors (Lipinski definition) is 2. The predicted octanol–water partition coefficient (Wildman–Crippen LogP) is 3.26. The van der Waals surface area contributed by atoms with Crippen LogP contribution in [-0.4, -0.2) is 29.3 Å². The maximum atomic E-state index is 12.5. The van der Waals surface area contributed by atoms with Crippen molar-refractivity contribution in [1.82, 2.24) is 4.90 Å². The Morgan fingerprint density at radius 2 is 2.14 bits per heavy atom. The van der Waals surface area contributed by atoms with Gasteiger partial charge < -0.3 is 10.6 Å². The number of primary amides is 1. The Bertz CT molecular complexity index is 393. The van der Waals surface area contributed by atoms with Crippen LogP contribution in [0.3, 0.4) is 0 Å². The first-order chi connectivity index (χ1) is 10.5. The first-order valence-electron chi connectivity index (χ1n) is 8.69. The fourth-order valence-corrected chi connectivity index (χ4v) is 3.35. The van der Waals surface area contributed by atoms with Crippen molar-refractivity contribution < 1.29 is 9.59 Å². The Balaban J connectivity index is 2.47. The second kappa shape index (κ2) is 9.65. The van der Waals surface area contributed by atoms with Crippen molar-refractivity contribution in [2.45, 2.75) is 71.8 Å². The summed E-state index contributed by atoms with van der Waals surface area (Å²) in [5, 5.41) is 0. The molecule has 0 aromatic rings. The topological polar surface area (TPSA) is 63.4 Å². The van der Waals surface area contributed by atoms with Crippen molar-refractivity contribution in [3.05, 3.63) is 12.2 Å². The smallest absolute Gasteiger partial charge is 0.240 e. The number of nitrogens with zero attached hydrogens (tertiary/aromatic N) is 1. The Morgan fingerprint density at radius 1 is 1.41 bits per heavy atom. The second-order valence-corrected chi connectivity index (χ2v) is 6.61. The molecule has 4 heteroatoms. The first kappa shape index (κ1) is 18.7. The minimum atomic E-state index is -0.378. The van der Waals surface area contributed by atoms with Crippen LogP contribution in [0.4, 0.5) is 0 Å². The van der Waals surface area contributed by atoms with E-state index in [0.717, 1.165) is 32.1 Å². The van der Waals surface area contributed by atoms with Gasteiger partial charge in [0.1, 0.15) is 6.04 Å². The van der Waals surface area contributed by atoms with E-state index in [4.69, 9.17) is 5.73 Å². The third kappa shape index (κ3) is 5.82. The van der Waals surface area contributed by atoms with E-state index in [0.29, 0.717) is 24.8 Å². The molecule has 1 aliphatic heterocycles. The predicted molar refractivity (Wildman–Crippen MR) is 90.2 cm³/mol. The van der Waals surface area contributed by atoms with Crippen LogP contribution in [0.5, 0.6) is 0 Å². The molecule has 2 amide bonds. The summed E-state index contributed by atoms with van der Waals surface area (Å²) in [6, 6.07) is -0.378. The Morgan fingerprint density at radius 3 is 2.73 bits per heavy atom. The summed E-state index contributed by atoms with van der Waals surface area (Å²) >= 11 is 0. The number of allylic oxidation sites excluding steroid dienone is 2. The average Bonchev–Trinajstić information content (AvgIpc) is 2.96. The summed E-state index contributed by atoms with van der Waals surface area (Å²) in [6.07, 6.45) is 10.8. The average molecular weight is 308 g/mol. The van der Waals surface area contributed by atoms with Gasteiger partial charge in [-0.3, -0.25) is 9.59 Å². The van der Waals surface area contributed by atoms with Gasteiger partial charge in [0.25, 0.3) is 0 Å². The molecule has 0 unspecified atom stereocenters. The van der Waals surface area contributed by atoms with Gasteiger partial charge >= 0.3 is 0 Å². The number of rotatable bonds is 9. The zero-order valence-corrected chi connectivity index (χ0v) is 14.4. The van der Waals surface area contributed by atoms with Crippen LogP contribution >= 0.6 is 0 Å². The van der Waals surface area contributed by atoms with E-state index in [-0.39, 0.29) is 17.9 Å². The van der Waals surface area contributed by atoms with Gasteiger partial charge in [0, 0.05) is 13.0 Å². The van der Waals surface area contributed by atoms with Crippen molar-refractivity contribution in [1.29, 1.82) is 0 Å². The minimum Gasteiger partial charge on any atom is -0.368 e. The van der Waals surface area contributed by atoms with E-state index in [1.807, 2.05) is 6.92 Å². The summed E-state index contributed by atoms with van der Waals surface area (Å²) in [6.45, 7) is 7.13. The molecule has 1 saturated heterocycles. The second-order valence-electron chi connectivity index (χ2n) is 6.61. The molecule has 4 nitrogen and oxygen atoms in total. The normalized spacial score (nSPS) is 21.2. The molecule has 126 valence electrons. The quantitative estimate of drug-likeness (QED) is 0.664.